The van der Waals surface area contributed by atoms with E-state index in [1.165, 1.54) is 6.07 Å². The molecular formula is C15H13BrFNO2. The van der Waals surface area contributed by atoms with Crippen LogP contribution in [0, 0.1) is 12.7 Å². The number of hydrogen-bond acceptors (Lipinski definition) is 3. The Morgan fingerprint density at radius 2 is 2.10 bits per heavy atom. The molecule has 0 aliphatic carbocycles. The molecule has 0 atom stereocenters. The van der Waals surface area contributed by atoms with Crippen molar-refractivity contribution >= 4 is 21.6 Å². The lowest BCUT2D eigenvalue weighted by atomic mass is 10.2. The highest BCUT2D eigenvalue weighted by molar-refractivity contribution is 9.10. The van der Waals surface area contributed by atoms with Crippen molar-refractivity contribution in [2.75, 3.05) is 12.1 Å². The Labute approximate surface area is 124 Å². The molecule has 0 unspecified atom stereocenters. The van der Waals surface area contributed by atoms with Crippen LogP contribution in [-0.2, 0) is 6.54 Å². The van der Waals surface area contributed by atoms with Crippen LogP contribution in [-0.4, -0.2) is 6.79 Å². The van der Waals surface area contributed by atoms with E-state index in [0.717, 1.165) is 21.3 Å². The van der Waals surface area contributed by atoms with Gasteiger partial charge in [0.1, 0.15) is 5.82 Å². The number of hydrogen-bond donors (Lipinski definition) is 1. The average molecular weight is 338 g/mol. The minimum atomic E-state index is -0.246. The highest BCUT2D eigenvalue weighted by Crippen LogP contribution is 2.40. The predicted octanol–water partition coefficient (Wildman–Crippen LogP) is 4.24. The Bertz CT molecular complexity index is 661. The van der Waals surface area contributed by atoms with Gasteiger partial charge in [0.25, 0.3) is 0 Å². The maximum absolute atomic E-state index is 13.7. The second-order valence-electron chi connectivity index (χ2n) is 4.65. The summed E-state index contributed by atoms with van der Waals surface area (Å²) in [6.45, 7) is 2.61. The molecule has 1 heterocycles. The van der Waals surface area contributed by atoms with Crippen LogP contribution in [0.3, 0.4) is 0 Å². The van der Waals surface area contributed by atoms with Crippen molar-refractivity contribution in [1.82, 2.24) is 0 Å². The Morgan fingerprint density at radius 1 is 1.25 bits per heavy atom. The van der Waals surface area contributed by atoms with E-state index >= 15 is 0 Å². The van der Waals surface area contributed by atoms with E-state index in [1.54, 1.807) is 6.07 Å². The van der Waals surface area contributed by atoms with Gasteiger partial charge in [0.05, 0.1) is 10.2 Å². The summed E-state index contributed by atoms with van der Waals surface area (Å²) in [7, 11) is 0. The SMILES string of the molecule is Cc1ccc(NCc2cc(Br)c3c(c2)OCO3)c(F)c1. The van der Waals surface area contributed by atoms with Gasteiger partial charge in [-0.2, -0.15) is 0 Å². The molecule has 0 aromatic heterocycles. The summed E-state index contributed by atoms with van der Waals surface area (Å²) < 4.78 is 25.3. The summed E-state index contributed by atoms with van der Waals surface area (Å²) in [5, 5.41) is 3.08. The standard InChI is InChI=1S/C15H13BrFNO2/c1-9-2-3-13(12(17)4-9)18-7-10-5-11(16)15-14(6-10)19-8-20-15/h2-6,18H,7-8H2,1H3. The zero-order chi connectivity index (χ0) is 14.1. The number of halogens is 2. The monoisotopic (exact) mass is 337 g/mol. The molecule has 0 spiro atoms. The van der Waals surface area contributed by atoms with E-state index in [2.05, 4.69) is 21.2 Å². The van der Waals surface area contributed by atoms with Gasteiger partial charge in [-0.3, -0.25) is 0 Å². The molecule has 0 bridgehead atoms. The first-order valence-corrected chi connectivity index (χ1v) is 7.01. The number of ether oxygens (including phenoxy) is 2. The molecule has 2 aromatic carbocycles. The zero-order valence-corrected chi connectivity index (χ0v) is 12.5. The van der Waals surface area contributed by atoms with Crippen molar-refractivity contribution in [2.45, 2.75) is 13.5 Å². The molecule has 1 N–H and O–H groups in total. The van der Waals surface area contributed by atoms with E-state index < -0.39 is 0 Å². The number of fused-ring (bicyclic) bond motifs is 1. The number of rotatable bonds is 3. The minimum absolute atomic E-state index is 0.234. The highest BCUT2D eigenvalue weighted by Gasteiger charge is 2.17. The topological polar surface area (TPSA) is 30.5 Å². The lowest BCUT2D eigenvalue weighted by Crippen LogP contribution is -2.01. The third-order valence-electron chi connectivity index (χ3n) is 3.09. The fourth-order valence-electron chi connectivity index (χ4n) is 2.08. The van der Waals surface area contributed by atoms with Gasteiger partial charge < -0.3 is 14.8 Å². The van der Waals surface area contributed by atoms with Crippen molar-refractivity contribution in [2.24, 2.45) is 0 Å². The van der Waals surface area contributed by atoms with Gasteiger partial charge in [-0.15, -0.1) is 0 Å². The van der Waals surface area contributed by atoms with Crippen molar-refractivity contribution in [3.8, 4) is 11.5 Å². The first-order chi connectivity index (χ1) is 9.63. The summed E-state index contributed by atoms with van der Waals surface area (Å²) in [4.78, 5) is 0. The van der Waals surface area contributed by atoms with Crippen LogP contribution >= 0.6 is 15.9 Å². The van der Waals surface area contributed by atoms with Gasteiger partial charge in [0.15, 0.2) is 11.5 Å². The fraction of sp³-hybridized carbons (Fsp3) is 0.200. The molecule has 1 aliphatic heterocycles. The first kappa shape index (κ1) is 13.2. The molecule has 3 rings (SSSR count). The maximum Gasteiger partial charge on any atom is 0.231 e. The number of nitrogens with one attached hydrogen (secondary N) is 1. The number of benzene rings is 2. The molecule has 0 fully saturated rings. The van der Waals surface area contributed by atoms with Gasteiger partial charge in [-0.05, 0) is 58.2 Å². The Morgan fingerprint density at radius 3 is 2.90 bits per heavy atom. The third-order valence-corrected chi connectivity index (χ3v) is 3.68. The summed E-state index contributed by atoms with van der Waals surface area (Å²) in [6.07, 6.45) is 0. The smallest absolute Gasteiger partial charge is 0.231 e. The van der Waals surface area contributed by atoms with Crippen LogP contribution in [0.25, 0.3) is 0 Å². The second kappa shape index (κ2) is 5.32. The lowest BCUT2D eigenvalue weighted by Gasteiger charge is -2.09. The van der Waals surface area contributed by atoms with Crippen molar-refractivity contribution in [1.29, 1.82) is 0 Å². The molecule has 104 valence electrons. The van der Waals surface area contributed by atoms with Gasteiger partial charge in [-0.1, -0.05) is 6.07 Å². The highest BCUT2D eigenvalue weighted by atomic mass is 79.9. The quantitative estimate of drug-likeness (QED) is 0.908. The first-order valence-electron chi connectivity index (χ1n) is 6.21. The van der Waals surface area contributed by atoms with Gasteiger partial charge in [0, 0.05) is 6.54 Å². The van der Waals surface area contributed by atoms with Gasteiger partial charge in [0.2, 0.25) is 6.79 Å². The Balaban J connectivity index is 1.77. The van der Waals surface area contributed by atoms with Gasteiger partial charge >= 0.3 is 0 Å². The zero-order valence-electron chi connectivity index (χ0n) is 10.9. The minimum Gasteiger partial charge on any atom is -0.454 e. The fourth-order valence-corrected chi connectivity index (χ4v) is 2.69. The predicted molar refractivity (Wildman–Crippen MR) is 78.7 cm³/mol. The Hall–Kier alpha value is -1.75. The molecule has 0 saturated carbocycles. The van der Waals surface area contributed by atoms with Crippen molar-refractivity contribution in [3.05, 3.63) is 51.7 Å². The van der Waals surface area contributed by atoms with Gasteiger partial charge in [-0.25, -0.2) is 4.39 Å². The largest absolute Gasteiger partial charge is 0.454 e. The maximum atomic E-state index is 13.7. The Kier molecular flexibility index (Phi) is 3.53. The van der Waals surface area contributed by atoms with E-state index in [4.69, 9.17) is 9.47 Å². The lowest BCUT2D eigenvalue weighted by molar-refractivity contribution is 0.173. The van der Waals surface area contributed by atoms with Crippen LogP contribution in [0.1, 0.15) is 11.1 Å². The normalized spacial score (nSPS) is 12.6. The van der Waals surface area contributed by atoms with E-state index in [0.29, 0.717) is 18.0 Å². The van der Waals surface area contributed by atoms with E-state index in [9.17, 15) is 4.39 Å². The molecule has 2 aromatic rings. The van der Waals surface area contributed by atoms with Crippen LogP contribution < -0.4 is 14.8 Å². The molecule has 0 amide bonds. The molecule has 1 aliphatic rings. The van der Waals surface area contributed by atoms with Crippen LogP contribution in [0.15, 0.2) is 34.8 Å². The number of anilines is 1. The van der Waals surface area contributed by atoms with Crippen LogP contribution in [0.5, 0.6) is 11.5 Å². The molecule has 5 heteroatoms. The molecule has 0 saturated heterocycles. The molecule has 3 nitrogen and oxygen atoms in total. The molecule has 20 heavy (non-hydrogen) atoms. The number of aryl methyl sites for hydroxylation is 1. The van der Waals surface area contributed by atoms with Crippen LogP contribution in [0.2, 0.25) is 0 Å². The van der Waals surface area contributed by atoms with Crippen molar-refractivity contribution in [3.63, 3.8) is 0 Å². The van der Waals surface area contributed by atoms with E-state index in [-0.39, 0.29) is 12.6 Å². The summed E-state index contributed by atoms with van der Waals surface area (Å²) >= 11 is 3.44. The summed E-state index contributed by atoms with van der Waals surface area (Å²) in [5.41, 5.74) is 2.38. The second-order valence-corrected chi connectivity index (χ2v) is 5.50. The average Bonchev–Trinajstić information content (AvgIpc) is 2.86. The third kappa shape index (κ3) is 2.58. The molecular weight excluding hydrogens is 325 g/mol. The summed E-state index contributed by atoms with van der Waals surface area (Å²) in [5.74, 6) is 1.18. The molecule has 0 radical (unpaired) electrons. The van der Waals surface area contributed by atoms with Crippen LogP contribution in [0.4, 0.5) is 10.1 Å². The summed E-state index contributed by atoms with van der Waals surface area (Å²) in [6, 6.07) is 8.96. The van der Waals surface area contributed by atoms with Crippen molar-refractivity contribution < 1.29 is 13.9 Å². The van der Waals surface area contributed by atoms with E-state index in [1.807, 2.05) is 25.1 Å².